The summed E-state index contributed by atoms with van der Waals surface area (Å²) in [6.07, 6.45) is 0. The van der Waals surface area contributed by atoms with Crippen LogP contribution in [0.5, 0.6) is 0 Å². The van der Waals surface area contributed by atoms with E-state index >= 15 is 0 Å². The molecule has 0 aliphatic rings. The Morgan fingerprint density at radius 1 is 0.897 bits per heavy atom. The van der Waals surface area contributed by atoms with Crippen LogP contribution in [0.2, 0.25) is 10.0 Å². The van der Waals surface area contributed by atoms with E-state index in [9.17, 15) is 9.59 Å². The molecule has 0 saturated carbocycles. The molecule has 0 heterocycles. The molecular weight excluding hydrogens is 427 g/mol. The monoisotopic (exact) mass is 444 g/mol. The highest BCUT2D eigenvalue weighted by Gasteiger charge is 2.09. The van der Waals surface area contributed by atoms with E-state index in [2.05, 4.69) is 10.6 Å². The van der Waals surface area contributed by atoms with Gasteiger partial charge in [0, 0.05) is 31.9 Å². The fraction of sp³-hybridized carbons (Fsp3) is 0.0909. The Morgan fingerprint density at radius 3 is 2.45 bits per heavy atom. The summed E-state index contributed by atoms with van der Waals surface area (Å²) in [4.78, 5) is 25.5. The summed E-state index contributed by atoms with van der Waals surface area (Å²) in [5.41, 5.74) is 2.77. The van der Waals surface area contributed by atoms with Gasteiger partial charge in [-0.15, -0.1) is 11.8 Å². The summed E-state index contributed by atoms with van der Waals surface area (Å²) in [6, 6.07) is 19.4. The number of benzene rings is 3. The minimum atomic E-state index is -0.246. The highest BCUT2D eigenvalue weighted by molar-refractivity contribution is 8.00. The summed E-state index contributed by atoms with van der Waals surface area (Å²) in [7, 11) is 0. The van der Waals surface area contributed by atoms with Crippen molar-refractivity contribution in [1.29, 1.82) is 0 Å². The van der Waals surface area contributed by atoms with Gasteiger partial charge in [-0.2, -0.15) is 0 Å². The Morgan fingerprint density at radius 2 is 1.66 bits per heavy atom. The zero-order valence-corrected chi connectivity index (χ0v) is 17.9. The van der Waals surface area contributed by atoms with Crippen LogP contribution >= 0.6 is 35.0 Å². The maximum Gasteiger partial charge on any atom is 0.255 e. The van der Waals surface area contributed by atoms with Crippen LogP contribution in [-0.2, 0) is 4.79 Å². The van der Waals surface area contributed by atoms with E-state index in [0.29, 0.717) is 27.0 Å². The van der Waals surface area contributed by atoms with Crippen LogP contribution in [0.1, 0.15) is 15.9 Å². The standard InChI is InChI=1S/C22H18Cl2N2O2S/c1-14-8-9-17(24)11-20(14)26-21(27)13-29-19-7-3-6-18(12-19)25-22(28)15-4-2-5-16(23)10-15/h2-12H,13H2,1H3,(H,25,28)(H,26,27). The molecule has 29 heavy (non-hydrogen) atoms. The number of halogens is 2. The van der Waals surface area contributed by atoms with Crippen molar-refractivity contribution in [1.82, 2.24) is 0 Å². The second kappa shape index (κ2) is 9.83. The van der Waals surface area contributed by atoms with Crippen molar-refractivity contribution >= 4 is 58.2 Å². The number of anilines is 2. The van der Waals surface area contributed by atoms with E-state index in [1.165, 1.54) is 11.8 Å². The average Bonchev–Trinajstić information content (AvgIpc) is 2.69. The van der Waals surface area contributed by atoms with Crippen molar-refractivity contribution in [3.05, 3.63) is 87.9 Å². The first kappa shape index (κ1) is 21.2. The number of thioether (sulfide) groups is 1. The van der Waals surface area contributed by atoms with Crippen molar-refractivity contribution in [2.24, 2.45) is 0 Å². The van der Waals surface area contributed by atoms with Gasteiger partial charge in [0.15, 0.2) is 0 Å². The third-order valence-corrected chi connectivity index (χ3v) is 5.49. The zero-order valence-electron chi connectivity index (χ0n) is 15.5. The Labute approximate surface area is 183 Å². The van der Waals surface area contributed by atoms with E-state index in [1.54, 1.807) is 42.5 Å². The number of nitrogens with one attached hydrogen (secondary N) is 2. The third kappa shape index (κ3) is 6.26. The van der Waals surface area contributed by atoms with E-state index in [1.807, 2.05) is 31.2 Å². The molecular formula is C22H18Cl2N2O2S. The Kier molecular flexibility index (Phi) is 7.20. The topological polar surface area (TPSA) is 58.2 Å². The molecule has 3 aromatic carbocycles. The van der Waals surface area contributed by atoms with Gasteiger partial charge < -0.3 is 10.6 Å². The zero-order chi connectivity index (χ0) is 20.8. The van der Waals surface area contributed by atoms with Crippen LogP contribution in [0, 0.1) is 6.92 Å². The predicted molar refractivity (Wildman–Crippen MR) is 121 cm³/mol. The fourth-order valence-electron chi connectivity index (χ4n) is 2.56. The molecule has 7 heteroatoms. The number of aryl methyl sites for hydroxylation is 1. The number of carbonyl (C=O) groups excluding carboxylic acids is 2. The van der Waals surface area contributed by atoms with Crippen molar-refractivity contribution in [2.75, 3.05) is 16.4 Å². The third-order valence-electron chi connectivity index (χ3n) is 4.02. The maximum atomic E-state index is 12.4. The Bertz CT molecular complexity index is 1060. The van der Waals surface area contributed by atoms with Gasteiger partial charge in [0.05, 0.1) is 5.75 Å². The molecule has 0 aromatic heterocycles. The molecule has 0 bridgehead atoms. The summed E-state index contributed by atoms with van der Waals surface area (Å²) in [5.74, 6) is -0.143. The van der Waals surface area contributed by atoms with Gasteiger partial charge >= 0.3 is 0 Å². The lowest BCUT2D eigenvalue weighted by Crippen LogP contribution is -2.15. The first-order valence-electron chi connectivity index (χ1n) is 8.76. The van der Waals surface area contributed by atoms with Crippen LogP contribution in [0.25, 0.3) is 0 Å². The molecule has 2 N–H and O–H groups in total. The van der Waals surface area contributed by atoms with E-state index in [0.717, 1.165) is 10.5 Å². The molecule has 4 nitrogen and oxygen atoms in total. The average molecular weight is 445 g/mol. The summed E-state index contributed by atoms with van der Waals surface area (Å²) in [5, 5.41) is 6.78. The Hall–Kier alpha value is -2.47. The minimum Gasteiger partial charge on any atom is -0.325 e. The van der Waals surface area contributed by atoms with E-state index in [-0.39, 0.29) is 17.6 Å². The molecule has 0 radical (unpaired) electrons. The van der Waals surface area contributed by atoms with Crippen LogP contribution in [-0.4, -0.2) is 17.6 Å². The molecule has 148 valence electrons. The summed E-state index contributed by atoms with van der Waals surface area (Å²) < 4.78 is 0. The molecule has 0 atom stereocenters. The van der Waals surface area contributed by atoms with Gasteiger partial charge in [-0.25, -0.2) is 0 Å². The fourth-order valence-corrected chi connectivity index (χ4v) is 3.68. The quantitative estimate of drug-likeness (QED) is 0.439. The van der Waals surface area contributed by atoms with Crippen molar-refractivity contribution in [2.45, 2.75) is 11.8 Å². The molecule has 3 rings (SSSR count). The van der Waals surface area contributed by atoms with Crippen LogP contribution in [0.15, 0.2) is 71.6 Å². The van der Waals surface area contributed by atoms with Gasteiger partial charge in [-0.05, 0) is 61.0 Å². The van der Waals surface area contributed by atoms with Crippen LogP contribution in [0.4, 0.5) is 11.4 Å². The first-order chi connectivity index (χ1) is 13.9. The lowest BCUT2D eigenvalue weighted by molar-refractivity contribution is -0.113. The van der Waals surface area contributed by atoms with Gasteiger partial charge in [-0.1, -0.05) is 41.4 Å². The number of rotatable bonds is 6. The molecule has 0 fully saturated rings. The van der Waals surface area contributed by atoms with Gasteiger partial charge in [-0.3, -0.25) is 9.59 Å². The van der Waals surface area contributed by atoms with E-state index < -0.39 is 0 Å². The molecule has 0 saturated heterocycles. The van der Waals surface area contributed by atoms with Gasteiger partial charge in [0.2, 0.25) is 5.91 Å². The number of carbonyl (C=O) groups is 2. The summed E-state index contributed by atoms with van der Waals surface area (Å²) in [6.45, 7) is 1.91. The van der Waals surface area contributed by atoms with Crippen molar-refractivity contribution in [3.8, 4) is 0 Å². The maximum absolute atomic E-state index is 12.4. The normalized spacial score (nSPS) is 10.4. The SMILES string of the molecule is Cc1ccc(Cl)cc1NC(=O)CSc1cccc(NC(=O)c2cccc(Cl)c2)c1. The number of hydrogen-bond acceptors (Lipinski definition) is 3. The molecule has 2 amide bonds. The smallest absolute Gasteiger partial charge is 0.255 e. The van der Waals surface area contributed by atoms with Gasteiger partial charge in [0.1, 0.15) is 0 Å². The highest BCUT2D eigenvalue weighted by Crippen LogP contribution is 2.24. The summed E-state index contributed by atoms with van der Waals surface area (Å²) >= 11 is 13.3. The number of amides is 2. The second-order valence-electron chi connectivity index (χ2n) is 6.29. The Balaban J connectivity index is 1.59. The lowest BCUT2D eigenvalue weighted by Gasteiger charge is -2.10. The van der Waals surface area contributed by atoms with Gasteiger partial charge in [0.25, 0.3) is 5.91 Å². The van der Waals surface area contributed by atoms with Crippen LogP contribution in [0.3, 0.4) is 0 Å². The molecule has 0 unspecified atom stereocenters. The molecule has 0 spiro atoms. The number of hydrogen-bond donors (Lipinski definition) is 2. The largest absolute Gasteiger partial charge is 0.325 e. The molecule has 0 aliphatic carbocycles. The molecule has 0 aliphatic heterocycles. The van der Waals surface area contributed by atoms with Crippen molar-refractivity contribution < 1.29 is 9.59 Å². The van der Waals surface area contributed by atoms with Crippen molar-refractivity contribution in [3.63, 3.8) is 0 Å². The second-order valence-corrected chi connectivity index (χ2v) is 8.21. The first-order valence-corrected chi connectivity index (χ1v) is 10.5. The predicted octanol–water partition coefficient (Wildman–Crippen LogP) is 6.28. The van der Waals surface area contributed by atoms with E-state index in [4.69, 9.17) is 23.2 Å². The van der Waals surface area contributed by atoms with Crippen LogP contribution < -0.4 is 10.6 Å². The molecule has 3 aromatic rings. The highest BCUT2D eigenvalue weighted by atomic mass is 35.5. The minimum absolute atomic E-state index is 0.131. The lowest BCUT2D eigenvalue weighted by atomic mass is 10.2.